The number of aryl methyl sites for hydroxylation is 2. The topological polar surface area (TPSA) is 117 Å². The number of carbonyl (C=O) groups excluding carboxylic acids is 3. The van der Waals surface area contributed by atoms with E-state index >= 15 is 0 Å². The van der Waals surface area contributed by atoms with Crippen LogP contribution in [0.15, 0.2) is 47.5 Å². The highest BCUT2D eigenvalue weighted by Crippen LogP contribution is 2.20. The molecule has 1 amide bonds. The van der Waals surface area contributed by atoms with Gasteiger partial charge in [-0.05, 0) is 36.8 Å². The van der Waals surface area contributed by atoms with Gasteiger partial charge in [0.25, 0.3) is 5.56 Å². The van der Waals surface area contributed by atoms with E-state index in [1.807, 2.05) is 13.0 Å². The first-order valence-electron chi connectivity index (χ1n) is 9.41. The number of hydrogen-bond donors (Lipinski definition) is 1. The van der Waals surface area contributed by atoms with Crippen molar-refractivity contribution in [3.63, 3.8) is 0 Å². The Morgan fingerprint density at radius 3 is 2.52 bits per heavy atom. The predicted molar refractivity (Wildman–Crippen MR) is 113 cm³/mol. The van der Waals surface area contributed by atoms with Gasteiger partial charge in [-0.1, -0.05) is 12.1 Å². The van der Waals surface area contributed by atoms with E-state index in [-0.39, 0.29) is 35.3 Å². The summed E-state index contributed by atoms with van der Waals surface area (Å²) in [5.41, 5.74) is 1.62. The molecule has 3 rings (SSSR count). The van der Waals surface area contributed by atoms with Crippen LogP contribution in [0.2, 0.25) is 0 Å². The molecule has 0 unspecified atom stereocenters. The normalized spacial score (nSPS) is 10.5. The van der Waals surface area contributed by atoms with Crippen LogP contribution in [0, 0.1) is 6.92 Å². The Morgan fingerprint density at radius 2 is 1.81 bits per heavy atom. The highest BCUT2D eigenvalue weighted by atomic mass is 16.5. The van der Waals surface area contributed by atoms with Crippen LogP contribution >= 0.6 is 0 Å². The van der Waals surface area contributed by atoms with Crippen molar-refractivity contribution in [3.8, 4) is 0 Å². The van der Waals surface area contributed by atoms with Crippen molar-refractivity contribution in [2.45, 2.75) is 19.9 Å². The van der Waals surface area contributed by atoms with Crippen LogP contribution in [0.25, 0.3) is 10.9 Å². The first-order valence-corrected chi connectivity index (χ1v) is 9.41. The summed E-state index contributed by atoms with van der Waals surface area (Å²) in [5.74, 6) is -1.74. The number of hydrogen-bond acceptors (Lipinski definition) is 7. The molecule has 1 aromatic heterocycles. The molecule has 0 saturated heterocycles. The van der Waals surface area contributed by atoms with Crippen molar-refractivity contribution in [3.05, 3.63) is 69.8 Å². The van der Waals surface area contributed by atoms with Crippen LogP contribution in [-0.2, 0) is 20.8 Å². The number of para-hydroxylation sites is 1. The smallest absolute Gasteiger partial charge is 0.339 e. The molecule has 1 heterocycles. The van der Waals surface area contributed by atoms with Crippen molar-refractivity contribution in [2.24, 2.45) is 0 Å². The Labute approximate surface area is 177 Å². The van der Waals surface area contributed by atoms with Gasteiger partial charge in [0.05, 0.1) is 48.3 Å². The van der Waals surface area contributed by atoms with Crippen molar-refractivity contribution < 1.29 is 23.9 Å². The molecule has 0 bridgehead atoms. The number of esters is 2. The van der Waals surface area contributed by atoms with Gasteiger partial charge < -0.3 is 14.8 Å². The third-order valence-corrected chi connectivity index (χ3v) is 4.76. The number of methoxy groups -OCH3 is 2. The van der Waals surface area contributed by atoms with Crippen LogP contribution in [0.4, 0.5) is 5.69 Å². The van der Waals surface area contributed by atoms with E-state index in [9.17, 15) is 19.2 Å². The minimum Gasteiger partial charge on any atom is -0.465 e. The van der Waals surface area contributed by atoms with Crippen molar-refractivity contribution in [1.29, 1.82) is 0 Å². The molecule has 9 nitrogen and oxygen atoms in total. The molecule has 2 aromatic carbocycles. The second kappa shape index (κ2) is 9.21. The molecule has 31 heavy (non-hydrogen) atoms. The fourth-order valence-electron chi connectivity index (χ4n) is 3.11. The molecule has 1 N–H and O–H groups in total. The molecule has 0 aliphatic heterocycles. The van der Waals surface area contributed by atoms with Crippen LogP contribution in [-0.4, -0.2) is 41.6 Å². The molecule has 9 heteroatoms. The lowest BCUT2D eigenvalue weighted by atomic mass is 10.1. The van der Waals surface area contributed by atoms with Gasteiger partial charge in [-0.15, -0.1) is 0 Å². The minimum absolute atomic E-state index is 0.0536. The standard InChI is InChI=1S/C22H21N3O6/c1-13-5-4-6-16-19(13)23-12-25(20(16)27)10-9-18(26)24-17-11-14(21(28)30-2)7-8-15(17)22(29)31-3/h4-8,11-12H,9-10H2,1-3H3,(H,24,26). The van der Waals surface area contributed by atoms with Gasteiger partial charge in [0, 0.05) is 13.0 Å². The van der Waals surface area contributed by atoms with Crippen LogP contribution in [0.5, 0.6) is 0 Å². The van der Waals surface area contributed by atoms with Gasteiger partial charge in [-0.3, -0.25) is 14.2 Å². The quantitative estimate of drug-likeness (QED) is 0.605. The summed E-state index contributed by atoms with van der Waals surface area (Å²) in [6.45, 7) is 1.96. The number of rotatable bonds is 6. The lowest BCUT2D eigenvalue weighted by Gasteiger charge is -2.12. The maximum atomic E-state index is 12.7. The SMILES string of the molecule is COC(=O)c1ccc(C(=O)OC)c(NC(=O)CCn2cnc3c(C)cccc3c2=O)c1. The molecule has 160 valence electrons. The van der Waals surface area contributed by atoms with Crippen molar-refractivity contribution in [2.75, 3.05) is 19.5 Å². The molecule has 0 atom stereocenters. The molecule has 0 saturated carbocycles. The van der Waals surface area contributed by atoms with E-state index in [0.29, 0.717) is 10.9 Å². The first-order chi connectivity index (χ1) is 14.8. The Kier molecular flexibility index (Phi) is 6.44. The van der Waals surface area contributed by atoms with Gasteiger partial charge in [0.1, 0.15) is 0 Å². The molecular weight excluding hydrogens is 402 g/mol. The third-order valence-electron chi connectivity index (χ3n) is 4.76. The lowest BCUT2D eigenvalue weighted by molar-refractivity contribution is -0.116. The molecule has 0 radical (unpaired) electrons. The monoisotopic (exact) mass is 423 g/mol. The zero-order valence-electron chi connectivity index (χ0n) is 17.3. The summed E-state index contributed by atoms with van der Waals surface area (Å²) >= 11 is 0. The number of anilines is 1. The minimum atomic E-state index is -0.669. The second-order valence-electron chi connectivity index (χ2n) is 6.76. The number of carbonyl (C=O) groups is 3. The van der Waals surface area contributed by atoms with Gasteiger partial charge >= 0.3 is 11.9 Å². The van der Waals surface area contributed by atoms with Crippen molar-refractivity contribution >= 4 is 34.4 Å². The molecule has 0 aliphatic rings. The van der Waals surface area contributed by atoms with Crippen LogP contribution < -0.4 is 10.9 Å². The lowest BCUT2D eigenvalue weighted by Crippen LogP contribution is -2.24. The number of fused-ring (bicyclic) bond motifs is 1. The predicted octanol–water partition coefficient (Wildman–Crippen LogP) is 2.31. The molecule has 0 aliphatic carbocycles. The van der Waals surface area contributed by atoms with Gasteiger partial charge in [0.15, 0.2) is 0 Å². The van der Waals surface area contributed by atoms with E-state index in [2.05, 4.69) is 15.0 Å². The summed E-state index contributed by atoms with van der Waals surface area (Å²) in [6.07, 6.45) is 1.35. The number of nitrogens with one attached hydrogen (secondary N) is 1. The van der Waals surface area contributed by atoms with Gasteiger partial charge in [-0.2, -0.15) is 0 Å². The average Bonchev–Trinajstić information content (AvgIpc) is 2.78. The number of aromatic nitrogens is 2. The van der Waals surface area contributed by atoms with E-state index in [4.69, 9.17) is 4.74 Å². The Morgan fingerprint density at radius 1 is 1.06 bits per heavy atom. The molecular formula is C22H21N3O6. The van der Waals surface area contributed by atoms with Crippen LogP contribution in [0.3, 0.4) is 0 Å². The fourth-order valence-corrected chi connectivity index (χ4v) is 3.11. The van der Waals surface area contributed by atoms with E-state index in [1.165, 1.54) is 43.3 Å². The molecule has 3 aromatic rings. The van der Waals surface area contributed by atoms with Crippen molar-refractivity contribution in [1.82, 2.24) is 9.55 Å². The average molecular weight is 423 g/mol. The zero-order chi connectivity index (χ0) is 22.5. The second-order valence-corrected chi connectivity index (χ2v) is 6.76. The highest BCUT2D eigenvalue weighted by Gasteiger charge is 2.17. The van der Waals surface area contributed by atoms with Gasteiger partial charge in [-0.25, -0.2) is 14.6 Å². The number of nitrogens with zero attached hydrogens (tertiary/aromatic N) is 2. The van der Waals surface area contributed by atoms with E-state index < -0.39 is 17.8 Å². The summed E-state index contributed by atoms with van der Waals surface area (Å²) in [6, 6.07) is 9.44. The molecule has 0 fully saturated rings. The van der Waals surface area contributed by atoms with E-state index in [0.717, 1.165) is 5.56 Å². The maximum absolute atomic E-state index is 12.7. The Balaban J connectivity index is 1.80. The molecule has 0 spiro atoms. The third kappa shape index (κ3) is 4.61. The number of benzene rings is 2. The van der Waals surface area contributed by atoms with Crippen LogP contribution in [0.1, 0.15) is 32.7 Å². The van der Waals surface area contributed by atoms with Gasteiger partial charge in [0.2, 0.25) is 5.91 Å². The Bertz CT molecular complexity index is 1230. The summed E-state index contributed by atoms with van der Waals surface area (Å²) < 4.78 is 10.7. The fraction of sp³-hybridized carbons (Fsp3) is 0.227. The summed E-state index contributed by atoms with van der Waals surface area (Å²) in [7, 11) is 2.44. The zero-order valence-corrected chi connectivity index (χ0v) is 17.3. The maximum Gasteiger partial charge on any atom is 0.339 e. The Hall–Kier alpha value is -4.01. The number of ether oxygens (including phenoxy) is 2. The number of amides is 1. The summed E-state index contributed by atoms with van der Waals surface area (Å²) in [4.78, 5) is 53.3. The van der Waals surface area contributed by atoms with E-state index in [1.54, 1.807) is 12.1 Å². The summed E-state index contributed by atoms with van der Waals surface area (Å²) in [5, 5.41) is 3.07. The largest absolute Gasteiger partial charge is 0.465 e. The highest BCUT2D eigenvalue weighted by molar-refractivity contribution is 6.03. The first kappa shape index (κ1) is 21.7.